The Bertz CT molecular complexity index is 962. The normalized spacial score (nSPS) is 28.1. The van der Waals surface area contributed by atoms with Crippen LogP contribution in [0.1, 0.15) is 59.3 Å². The van der Waals surface area contributed by atoms with Crippen LogP contribution in [0.5, 0.6) is 0 Å². The molecule has 4 aliphatic rings. The zero-order valence-electron chi connectivity index (χ0n) is 19.7. The first-order chi connectivity index (χ1) is 15.3. The zero-order chi connectivity index (χ0) is 23.0. The number of piperidine rings is 1. The van der Waals surface area contributed by atoms with Crippen molar-refractivity contribution in [3.63, 3.8) is 0 Å². The molecule has 2 heterocycles. The molecule has 0 radical (unpaired) electrons. The molecule has 0 aromatic rings. The molecule has 4 rings (SSSR count). The van der Waals surface area contributed by atoms with Gasteiger partial charge in [-0.3, -0.25) is 0 Å². The van der Waals surface area contributed by atoms with E-state index in [2.05, 4.69) is 50.5 Å². The van der Waals surface area contributed by atoms with Crippen LogP contribution in [-0.2, 0) is 14.3 Å². The summed E-state index contributed by atoms with van der Waals surface area (Å²) in [5.74, 6) is 1.67. The highest BCUT2D eigenvalue weighted by Gasteiger charge is 2.36. The van der Waals surface area contributed by atoms with Gasteiger partial charge in [0, 0.05) is 24.4 Å². The van der Waals surface area contributed by atoms with Crippen molar-refractivity contribution in [1.29, 1.82) is 0 Å². The molecule has 2 fully saturated rings. The molecular formula is C27H35NO4. The molecule has 3 atom stereocenters. The summed E-state index contributed by atoms with van der Waals surface area (Å²) in [7, 11) is 1.71. The summed E-state index contributed by atoms with van der Waals surface area (Å²) >= 11 is 0. The molecule has 2 aliphatic heterocycles. The number of fused-ring (bicyclic) bond motifs is 3. The maximum absolute atomic E-state index is 11.9. The van der Waals surface area contributed by atoms with E-state index in [1.165, 1.54) is 18.4 Å². The Hall–Kier alpha value is -2.69. The maximum atomic E-state index is 11.9. The summed E-state index contributed by atoms with van der Waals surface area (Å²) in [6, 6.07) is 0.153. The van der Waals surface area contributed by atoms with E-state index >= 15 is 0 Å². The van der Waals surface area contributed by atoms with Gasteiger partial charge in [-0.1, -0.05) is 39.5 Å². The molecule has 1 N–H and O–H groups in total. The van der Waals surface area contributed by atoms with Gasteiger partial charge in [0.1, 0.15) is 11.9 Å². The lowest BCUT2D eigenvalue weighted by Crippen LogP contribution is -2.39. The molecule has 32 heavy (non-hydrogen) atoms. The van der Waals surface area contributed by atoms with Crippen molar-refractivity contribution < 1.29 is 19.4 Å². The van der Waals surface area contributed by atoms with Gasteiger partial charge in [0.05, 0.1) is 12.7 Å². The van der Waals surface area contributed by atoms with Gasteiger partial charge in [0.15, 0.2) is 5.76 Å². The van der Waals surface area contributed by atoms with Gasteiger partial charge in [-0.05, 0) is 66.7 Å². The lowest BCUT2D eigenvalue weighted by molar-refractivity contribution is -0.132. The molecule has 5 heteroatoms. The molecule has 5 nitrogen and oxygen atoms in total. The van der Waals surface area contributed by atoms with Crippen molar-refractivity contribution >= 4 is 5.97 Å². The second-order valence-corrected chi connectivity index (χ2v) is 9.72. The first kappa shape index (κ1) is 22.5. The number of ether oxygens (including phenoxy) is 2. The van der Waals surface area contributed by atoms with E-state index in [1.807, 2.05) is 0 Å². The number of hydrogen-bond acceptors (Lipinski definition) is 4. The van der Waals surface area contributed by atoms with Crippen molar-refractivity contribution in [2.45, 2.75) is 71.4 Å². The summed E-state index contributed by atoms with van der Waals surface area (Å²) in [5.41, 5.74) is 4.36. The van der Waals surface area contributed by atoms with Crippen LogP contribution in [0.3, 0.4) is 0 Å². The summed E-state index contributed by atoms with van der Waals surface area (Å²) in [5, 5.41) is 9.74. The van der Waals surface area contributed by atoms with Gasteiger partial charge in [0.2, 0.25) is 0 Å². The Morgan fingerprint density at radius 3 is 2.66 bits per heavy atom. The van der Waals surface area contributed by atoms with Crippen LogP contribution in [0, 0.1) is 11.8 Å². The van der Waals surface area contributed by atoms with Crippen LogP contribution in [0.4, 0.5) is 0 Å². The molecular weight excluding hydrogens is 402 g/mol. The number of carboxylic acid groups (broad SMARTS) is 1. The van der Waals surface area contributed by atoms with Gasteiger partial charge < -0.3 is 19.5 Å². The number of methoxy groups -OCH3 is 1. The van der Waals surface area contributed by atoms with Crippen molar-refractivity contribution in [3.05, 3.63) is 70.5 Å². The fourth-order valence-electron chi connectivity index (χ4n) is 5.26. The Labute approximate surface area is 191 Å². The van der Waals surface area contributed by atoms with E-state index in [-0.39, 0.29) is 12.1 Å². The van der Waals surface area contributed by atoms with Crippen molar-refractivity contribution in [2.24, 2.45) is 11.8 Å². The molecule has 2 aliphatic carbocycles. The number of carboxylic acids is 1. The van der Waals surface area contributed by atoms with E-state index in [4.69, 9.17) is 9.47 Å². The highest BCUT2D eigenvalue weighted by molar-refractivity contribution is 5.91. The minimum atomic E-state index is -0.923. The lowest BCUT2D eigenvalue weighted by Gasteiger charge is -2.42. The summed E-state index contributed by atoms with van der Waals surface area (Å²) in [4.78, 5) is 14.0. The number of nitrogens with zero attached hydrogens (tertiary/aromatic N) is 1. The Morgan fingerprint density at radius 1 is 1.25 bits per heavy atom. The van der Waals surface area contributed by atoms with Crippen molar-refractivity contribution in [1.82, 2.24) is 4.90 Å². The fourth-order valence-corrected chi connectivity index (χ4v) is 5.26. The van der Waals surface area contributed by atoms with Crippen LogP contribution >= 0.6 is 0 Å². The first-order valence-electron chi connectivity index (χ1n) is 11.8. The van der Waals surface area contributed by atoms with Crippen LogP contribution in [-0.4, -0.2) is 35.2 Å². The average Bonchev–Trinajstić information content (AvgIpc) is 2.95. The second kappa shape index (κ2) is 9.05. The first-order valence-corrected chi connectivity index (χ1v) is 11.8. The molecule has 0 aromatic heterocycles. The Kier molecular flexibility index (Phi) is 6.36. The second-order valence-electron chi connectivity index (χ2n) is 9.72. The number of carbonyl (C=O) groups is 1. The maximum Gasteiger partial charge on any atom is 0.337 e. The third-order valence-corrected chi connectivity index (χ3v) is 7.26. The quantitative estimate of drug-likeness (QED) is 0.585. The molecule has 172 valence electrons. The van der Waals surface area contributed by atoms with E-state index in [0.29, 0.717) is 35.8 Å². The number of aliphatic carboxylic acids is 1. The highest BCUT2D eigenvalue weighted by atomic mass is 16.5. The van der Waals surface area contributed by atoms with Crippen molar-refractivity contribution in [2.75, 3.05) is 7.11 Å². The molecule has 0 spiro atoms. The smallest absolute Gasteiger partial charge is 0.337 e. The minimum Gasteiger partial charge on any atom is -0.497 e. The largest absolute Gasteiger partial charge is 0.497 e. The van der Waals surface area contributed by atoms with Gasteiger partial charge in [-0.15, -0.1) is 0 Å². The molecule has 0 amide bonds. The molecule has 1 saturated heterocycles. The predicted molar refractivity (Wildman–Crippen MR) is 125 cm³/mol. The van der Waals surface area contributed by atoms with Gasteiger partial charge in [0.25, 0.3) is 0 Å². The lowest BCUT2D eigenvalue weighted by atomic mass is 9.84. The third-order valence-electron chi connectivity index (χ3n) is 7.26. The van der Waals surface area contributed by atoms with E-state index in [1.54, 1.807) is 13.3 Å². The van der Waals surface area contributed by atoms with Crippen LogP contribution in [0.2, 0.25) is 0 Å². The average molecular weight is 438 g/mol. The van der Waals surface area contributed by atoms with Crippen molar-refractivity contribution in [3.8, 4) is 0 Å². The summed E-state index contributed by atoms with van der Waals surface area (Å²) in [6.07, 6.45) is 14.0. The summed E-state index contributed by atoms with van der Waals surface area (Å²) < 4.78 is 12.3. The predicted octanol–water partition coefficient (Wildman–Crippen LogP) is 5.85. The molecule has 0 aromatic carbocycles. The van der Waals surface area contributed by atoms with Crippen LogP contribution in [0.15, 0.2) is 70.5 Å². The monoisotopic (exact) mass is 437 g/mol. The third kappa shape index (κ3) is 4.17. The van der Waals surface area contributed by atoms with E-state index in [0.717, 1.165) is 35.6 Å². The number of rotatable bonds is 5. The van der Waals surface area contributed by atoms with Gasteiger partial charge >= 0.3 is 5.97 Å². The van der Waals surface area contributed by atoms with Crippen LogP contribution in [0.25, 0.3) is 0 Å². The SMILES string of the molecule is C=C1CC=C2C3=CCC(OC)=C(OC4CCC[C@@H]4C)C=C3CC(C(C)C)N2C=C1C(=O)O. The van der Waals surface area contributed by atoms with Crippen LogP contribution < -0.4 is 0 Å². The Morgan fingerprint density at radius 2 is 2.03 bits per heavy atom. The van der Waals surface area contributed by atoms with E-state index < -0.39 is 5.97 Å². The molecule has 1 saturated carbocycles. The highest BCUT2D eigenvalue weighted by Crippen LogP contribution is 2.43. The van der Waals surface area contributed by atoms with E-state index in [9.17, 15) is 9.90 Å². The standard InChI is InChI=1S/C27H35NO4/c1-16(2)23-13-19-14-26(32-24-8-6-7-18(24)4)25(31-5)12-10-20(19)22-11-9-17(3)21(27(29)30)15-28(22)23/h10-11,14-16,18,23-24H,3,6-9,12-13H2,1-2,4-5H3,(H,29,30)/t18-,23?,24?/m0/s1. The minimum absolute atomic E-state index is 0.153. The Balaban J connectivity index is 1.75. The topological polar surface area (TPSA) is 59.0 Å². The summed E-state index contributed by atoms with van der Waals surface area (Å²) in [6.45, 7) is 10.7. The number of allylic oxidation sites excluding steroid dienone is 4. The molecule has 2 unspecified atom stereocenters. The fraction of sp³-hybridized carbons (Fsp3) is 0.519. The zero-order valence-corrected chi connectivity index (χ0v) is 19.7. The number of hydrogen-bond donors (Lipinski definition) is 1. The molecule has 0 bridgehead atoms. The van der Waals surface area contributed by atoms with Gasteiger partial charge in [-0.2, -0.15) is 0 Å². The van der Waals surface area contributed by atoms with Gasteiger partial charge in [-0.25, -0.2) is 4.79 Å².